The number of nitrogens with zero attached hydrogens (tertiary/aromatic N) is 6. The number of anilines is 1. The van der Waals surface area contributed by atoms with Gasteiger partial charge in [-0.25, -0.2) is 4.68 Å². The van der Waals surface area contributed by atoms with E-state index in [0.29, 0.717) is 24.5 Å². The summed E-state index contributed by atoms with van der Waals surface area (Å²) in [6, 6.07) is 15.2. The lowest BCUT2D eigenvalue weighted by Crippen LogP contribution is -2.49. The second kappa shape index (κ2) is 11.0. The van der Waals surface area contributed by atoms with Crippen LogP contribution in [0.3, 0.4) is 0 Å². The minimum atomic E-state index is -0.427. The topological polar surface area (TPSA) is 111 Å². The van der Waals surface area contributed by atoms with Crippen molar-refractivity contribution >= 4 is 16.6 Å². The summed E-state index contributed by atoms with van der Waals surface area (Å²) in [4.78, 5) is 21.0. The molecule has 11 heteroatoms. The van der Waals surface area contributed by atoms with Crippen molar-refractivity contribution in [1.82, 2.24) is 30.1 Å². The van der Waals surface area contributed by atoms with Gasteiger partial charge in [-0.1, -0.05) is 0 Å². The van der Waals surface area contributed by atoms with Crippen molar-refractivity contribution in [2.45, 2.75) is 12.6 Å². The van der Waals surface area contributed by atoms with Crippen LogP contribution >= 0.6 is 0 Å². The molecule has 2 aromatic heterocycles. The van der Waals surface area contributed by atoms with Gasteiger partial charge < -0.3 is 24.1 Å². The van der Waals surface area contributed by atoms with Crippen molar-refractivity contribution < 1.29 is 14.2 Å². The predicted octanol–water partition coefficient (Wildman–Crippen LogP) is 2.09. The number of ether oxygens (including phenoxy) is 3. The summed E-state index contributed by atoms with van der Waals surface area (Å²) in [6.07, 6.45) is 0. The van der Waals surface area contributed by atoms with E-state index in [9.17, 15) is 4.79 Å². The Morgan fingerprint density at radius 1 is 0.946 bits per heavy atom. The molecular weight excluding hydrogens is 474 g/mol. The summed E-state index contributed by atoms with van der Waals surface area (Å²) in [5.74, 6) is 2.17. The third-order valence-electron chi connectivity index (χ3n) is 6.80. The van der Waals surface area contributed by atoms with Crippen LogP contribution in [-0.2, 0) is 11.3 Å². The third-order valence-corrected chi connectivity index (χ3v) is 6.80. The highest BCUT2D eigenvalue weighted by Crippen LogP contribution is 2.30. The van der Waals surface area contributed by atoms with Crippen LogP contribution in [-0.4, -0.2) is 84.2 Å². The third kappa shape index (κ3) is 5.13. The molecular formula is C26H31N7O4. The summed E-state index contributed by atoms with van der Waals surface area (Å²) in [6.45, 7) is 3.98. The standard InChI is InChI=1S/C26H31N7O4/c1-35-15-14-33-25(28-29-30-33)24(22-17-18-16-21(37-3)8-9-23(18)27-26(22)34)32-12-10-31(11-13-32)19-4-6-20(36-2)7-5-19/h4-9,16-17,24H,10-15H2,1-3H3,(H,27,34)/t24-/m0/s1. The van der Waals surface area contributed by atoms with Crippen LogP contribution in [0.4, 0.5) is 5.69 Å². The lowest BCUT2D eigenvalue weighted by atomic mass is 10.0. The minimum absolute atomic E-state index is 0.165. The summed E-state index contributed by atoms with van der Waals surface area (Å²) in [5.41, 5.74) is 2.31. The number of methoxy groups -OCH3 is 3. The largest absolute Gasteiger partial charge is 0.497 e. The Morgan fingerprint density at radius 3 is 2.38 bits per heavy atom. The van der Waals surface area contributed by atoms with Crippen LogP contribution in [0.15, 0.2) is 53.3 Å². The first-order valence-electron chi connectivity index (χ1n) is 12.2. The fourth-order valence-corrected chi connectivity index (χ4v) is 4.81. The molecule has 1 aliphatic rings. The summed E-state index contributed by atoms with van der Waals surface area (Å²) in [7, 11) is 4.93. The Kier molecular flexibility index (Phi) is 7.33. The van der Waals surface area contributed by atoms with Gasteiger partial charge in [-0.2, -0.15) is 0 Å². The zero-order chi connectivity index (χ0) is 25.8. The molecule has 1 aliphatic heterocycles. The quantitative estimate of drug-likeness (QED) is 0.366. The Labute approximate surface area is 214 Å². The smallest absolute Gasteiger partial charge is 0.253 e. The van der Waals surface area contributed by atoms with Gasteiger partial charge in [0.1, 0.15) is 17.5 Å². The van der Waals surface area contributed by atoms with E-state index >= 15 is 0 Å². The molecule has 0 saturated carbocycles. The van der Waals surface area contributed by atoms with Gasteiger partial charge in [0, 0.05) is 55.4 Å². The van der Waals surface area contributed by atoms with Crippen molar-refractivity contribution in [2.75, 3.05) is 59.0 Å². The molecule has 194 valence electrons. The van der Waals surface area contributed by atoms with Crippen LogP contribution in [0.2, 0.25) is 0 Å². The number of nitrogens with one attached hydrogen (secondary N) is 1. The Bertz CT molecular complexity index is 1390. The average Bonchev–Trinajstić information content (AvgIpc) is 3.40. The Morgan fingerprint density at radius 2 is 1.68 bits per heavy atom. The van der Waals surface area contributed by atoms with Gasteiger partial charge in [0.25, 0.3) is 5.56 Å². The molecule has 4 aromatic rings. The van der Waals surface area contributed by atoms with Crippen LogP contribution in [0.1, 0.15) is 17.4 Å². The van der Waals surface area contributed by atoms with Gasteiger partial charge in [-0.15, -0.1) is 5.10 Å². The number of piperazine rings is 1. The number of tetrazole rings is 1. The summed E-state index contributed by atoms with van der Waals surface area (Å²) >= 11 is 0. The number of aromatic amines is 1. The van der Waals surface area contributed by atoms with E-state index in [1.165, 1.54) is 0 Å². The highest BCUT2D eigenvalue weighted by Gasteiger charge is 2.32. The molecule has 1 fully saturated rings. The Hall–Kier alpha value is -3.96. The van der Waals surface area contributed by atoms with E-state index in [-0.39, 0.29) is 5.56 Å². The minimum Gasteiger partial charge on any atom is -0.497 e. The number of pyridine rings is 1. The number of H-pyrrole nitrogens is 1. The molecule has 1 N–H and O–H groups in total. The molecule has 5 rings (SSSR count). The first kappa shape index (κ1) is 24.7. The summed E-state index contributed by atoms with van der Waals surface area (Å²) in [5, 5.41) is 13.4. The lowest BCUT2D eigenvalue weighted by Gasteiger charge is -2.39. The lowest BCUT2D eigenvalue weighted by molar-refractivity contribution is 0.171. The van der Waals surface area contributed by atoms with Crippen molar-refractivity contribution in [3.8, 4) is 11.5 Å². The van der Waals surface area contributed by atoms with Gasteiger partial charge in [0.05, 0.1) is 27.4 Å². The fourth-order valence-electron chi connectivity index (χ4n) is 4.81. The van der Waals surface area contributed by atoms with Gasteiger partial charge >= 0.3 is 0 Å². The maximum atomic E-state index is 13.4. The Balaban J connectivity index is 1.50. The molecule has 0 spiro atoms. The monoisotopic (exact) mass is 505 g/mol. The van der Waals surface area contributed by atoms with Gasteiger partial charge in [0.2, 0.25) is 0 Å². The van der Waals surface area contributed by atoms with Crippen molar-refractivity contribution in [1.29, 1.82) is 0 Å². The van der Waals surface area contributed by atoms with E-state index in [2.05, 4.69) is 42.4 Å². The van der Waals surface area contributed by atoms with Crippen LogP contribution < -0.4 is 19.9 Å². The van der Waals surface area contributed by atoms with E-state index in [4.69, 9.17) is 14.2 Å². The average molecular weight is 506 g/mol. The number of rotatable bonds is 9. The second-order valence-electron chi connectivity index (χ2n) is 8.88. The van der Waals surface area contributed by atoms with Crippen molar-refractivity contribution in [2.24, 2.45) is 0 Å². The number of benzene rings is 2. The molecule has 37 heavy (non-hydrogen) atoms. The van der Waals surface area contributed by atoms with E-state index in [0.717, 1.165) is 54.3 Å². The maximum Gasteiger partial charge on any atom is 0.253 e. The maximum absolute atomic E-state index is 13.4. The SMILES string of the molecule is COCCn1nnnc1[C@H](c1cc2cc(OC)ccc2[nH]c1=O)N1CCN(c2ccc(OC)cc2)CC1. The molecule has 3 heterocycles. The molecule has 0 aliphatic carbocycles. The first-order valence-corrected chi connectivity index (χ1v) is 12.2. The zero-order valence-corrected chi connectivity index (χ0v) is 21.3. The summed E-state index contributed by atoms with van der Waals surface area (Å²) < 4.78 is 17.7. The highest BCUT2D eigenvalue weighted by atomic mass is 16.5. The molecule has 1 saturated heterocycles. The molecule has 0 unspecified atom stereocenters. The van der Waals surface area contributed by atoms with E-state index in [1.54, 1.807) is 26.0 Å². The number of fused-ring (bicyclic) bond motifs is 1. The van der Waals surface area contributed by atoms with Crippen LogP contribution in [0.5, 0.6) is 11.5 Å². The number of hydrogen-bond donors (Lipinski definition) is 1. The van der Waals surface area contributed by atoms with Gasteiger partial charge in [-0.3, -0.25) is 9.69 Å². The number of hydrogen-bond acceptors (Lipinski definition) is 9. The zero-order valence-electron chi connectivity index (χ0n) is 21.3. The molecule has 0 radical (unpaired) electrons. The van der Waals surface area contributed by atoms with Gasteiger partial charge in [-0.05, 0) is 59.0 Å². The molecule has 11 nitrogen and oxygen atoms in total. The van der Waals surface area contributed by atoms with Gasteiger partial charge in [0.15, 0.2) is 5.82 Å². The van der Waals surface area contributed by atoms with E-state index < -0.39 is 6.04 Å². The van der Waals surface area contributed by atoms with Crippen LogP contribution in [0.25, 0.3) is 10.9 Å². The highest BCUT2D eigenvalue weighted by molar-refractivity contribution is 5.80. The van der Waals surface area contributed by atoms with Crippen molar-refractivity contribution in [3.05, 3.63) is 70.3 Å². The number of aromatic nitrogens is 5. The van der Waals surface area contributed by atoms with E-state index in [1.807, 2.05) is 36.4 Å². The van der Waals surface area contributed by atoms with Crippen molar-refractivity contribution in [3.63, 3.8) is 0 Å². The normalized spacial score (nSPS) is 15.2. The van der Waals surface area contributed by atoms with Crippen LogP contribution in [0, 0.1) is 0 Å². The molecule has 1 atom stereocenters. The molecule has 0 amide bonds. The molecule has 0 bridgehead atoms. The predicted molar refractivity (Wildman–Crippen MR) is 139 cm³/mol. The molecule has 2 aromatic carbocycles. The fraction of sp³-hybridized carbons (Fsp3) is 0.385. The first-order chi connectivity index (χ1) is 18.1. The second-order valence-corrected chi connectivity index (χ2v) is 8.88.